The zero-order valence-corrected chi connectivity index (χ0v) is 14.6. The Morgan fingerprint density at radius 1 is 1.00 bits per heavy atom. The fourth-order valence-electron chi connectivity index (χ4n) is 2.68. The molecule has 0 spiro atoms. The van der Waals surface area contributed by atoms with E-state index in [0.717, 1.165) is 0 Å². The number of rotatable bonds is 5. The molecule has 0 bridgehead atoms. The van der Waals surface area contributed by atoms with Gasteiger partial charge in [-0.05, 0) is 49.2 Å². The number of esters is 1. The van der Waals surface area contributed by atoms with E-state index in [-0.39, 0.29) is 5.56 Å². The highest BCUT2D eigenvalue weighted by Crippen LogP contribution is 2.47. The van der Waals surface area contributed by atoms with Gasteiger partial charge in [0.1, 0.15) is 5.41 Å². The maximum atomic E-state index is 12.7. The molecule has 136 valence electrons. The molecule has 2 N–H and O–H groups in total. The maximum absolute atomic E-state index is 12.7. The molecule has 2 aromatic carbocycles. The number of amides is 2. The molecule has 27 heavy (non-hydrogen) atoms. The molecule has 2 aromatic rings. The summed E-state index contributed by atoms with van der Waals surface area (Å²) in [4.78, 5) is 37.2. The van der Waals surface area contributed by atoms with E-state index in [4.69, 9.17) is 10.00 Å². The topological polar surface area (TPSA) is 108 Å². The number of anilines is 2. The van der Waals surface area contributed by atoms with E-state index in [9.17, 15) is 14.4 Å². The summed E-state index contributed by atoms with van der Waals surface area (Å²) in [5.41, 5.74) is 0.333. The van der Waals surface area contributed by atoms with Crippen LogP contribution in [0.15, 0.2) is 48.5 Å². The highest BCUT2D eigenvalue weighted by Gasteiger charge is 2.56. The molecular formula is C20H17N3O4. The molecule has 1 fully saturated rings. The molecule has 2 amide bonds. The van der Waals surface area contributed by atoms with E-state index in [1.165, 1.54) is 13.2 Å². The summed E-state index contributed by atoms with van der Waals surface area (Å²) in [6.45, 7) is 0. The summed E-state index contributed by atoms with van der Waals surface area (Å²) < 4.78 is 4.71. The van der Waals surface area contributed by atoms with E-state index < -0.39 is 23.2 Å². The number of hydrogen-bond acceptors (Lipinski definition) is 5. The molecule has 0 aromatic heterocycles. The number of nitrogens with one attached hydrogen (secondary N) is 2. The van der Waals surface area contributed by atoms with Crippen molar-refractivity contribution in [2.75, 3.05) is 17.7 Å². The summed E-state index contributed by atoms with van der Waals surface area (Å²) in [6.07, 6.45) is 0.836. The number of nitrogens with zero attached hydrogens (tertiary/aromatic N) is 1. The monoisotopic (exact) mass is 363 g/mol. The van der Waals surface area contributed by atoms with Gasteiger partial charge in [-0.1, -0.05) is 12.1 Å². The Kier molecular flexibility index (Phi) is 4.90. The predicted octanol–water partition coefficient (Wildman–Crippen LogP) is 2.70. The average Bonchev–Trinajstić information content (AvgIpc) is 3.50. The first-order valence-corrected chi connectivity index (χ1v) is 8.30. The van der Waals surface area contributed by atoms with Crippen LogP contribution in [0, 0.1) is 16.7 Å². The van der Waals surface area contributed by atoms with E-state index >= 15 is 0 Å². The molecule has 3 rings (SSSR count). The van der Waals surface area contributed by atoms with Gasteiger partial charge in [-0.15, -0.1) is 0 Å². The Morgan fingerprint density at radius 2 is 1.63 bits per heavy atom. The first-order valence-electron chi connectivity index (χ1n) is 8.30. The van der Waals surface area contributed by atoms with Gasteiger partial charge in [-0.2, -0.15) is 5.26 Å². The van der Waals surface area contributed by atoms with Crippen LogP contribution < -0.4 is 10.6 Å². The highest BCUT2D eigenvalue weighted by molar-refractivity contribution is 6.17. The fraction of sp³-hybridized carbons (Fsp3) is 0.200. The lowest BCUT2D eigenvalue weighted by molar-refractivity contribution is -0.131. The van der Waals surface area contributed by atoms with E-state index in [2.05, 4.69) is 10.6 Å². The summed E-state index contributed by atoms with van der Waals surface area (Å²) in [5, 5.41) is 14.2. The van der Waals surface area contributed by atoms with Crippen LogP contribution >= 0.6 is 0 Å². The molecular weight excluding hydrogens is 346 g/mol. The summed E-state index contributed by atoms with van der Waals surface area (Å²) in [6, 6.07) is 14.8. The standard InChI is InChI=1S/C20H17N3O4/c1-27-17(24)15-4-2-3-5-16(15)23-19(26)20(10-11-20)18(25)22-14-8-6-13(12-21)7-9-14/h2-9H,10-11H2,1H3,(H,22,25)(H,23,26). The molecule has 7 nitrogen and oxygen atoms in total. The van der Waals surface area contributed by atoms with Crippen molar-refractivity contribution in [3.63, 3.8) is 0 Å². The van der Waals surface area contributed by atoms with E-state index in [1.807, 2.05) is 6.07 Å². The van der Waals surface area contributed by atoms with Crippen molar-refractivity contribution in [3.05, 3.63) is 59.7 Å². The van der Waals surface area contributed by atoms with Gasteiger partial charge in [0.05, 0.1) is 30.0 Å². The van der Waals surface area contributed by atoms with Gasteiger partial charge < -0.3 is 15.4 Å². The normalized spacial score (nSPS) is 13.8. The molecule has 0 unspecified atom stereocenters. The number of para-hydroxylation sites is 1. The first kappa shape index (κ1) is 18.1. The second-order valence-corrected chi connectivity index (χ2v) is 6.22. The first-order chi connectivity index (χ1) is 13.0. The number of methoxy groups -OCH3 is 1. The quantitative estimate of drug-likeness (QED) is 0.627. The number of hydrogen-bond donors (Lipinski definition) is 2. The van der Waals surface area contributed by atoms with Crippen molar-refractivity contribution in [1.82, 2.24) is 0 Å². The second-order valence-electron chi connectivity index (χ2n) is 6.22. The van der Waals surface area contributed by atoms with Crippen LogP contribution in [0.5, 0.6) is 0 Å². The van der Waals surface area contributed by atoms with Crippen molar-refractivity contribution in [3.8, 4) is 6.07 Å². The molecule has 7 heteroatoms. The van der Waals surface area contributed by atoms with Gasteiger partial charge in [0, 0.05) is 5.69 Å². The maximum Gasteiger partial charge on any atom is 0.339 e. The SMILES string of the molecule is COC(=O)c1ccccc1NC(=O)C1(C(=O)Nc2ccc(C#N)cc2)CC1. The molecule has 0 heterocycles. The van der Waals surface area contributed by atoms with Gasteiger partial charge in [-0.3, -0.25) is 9.59 Å². The highest BCUT2D eigenvalue weighted by atomic mass is 16.5. The van der Waals surface area contributed by atoms with Crippen LogP contribution in [0.2, 0.25) is 0 Å². The van der Waals surface area contributed by atoms with Crippen molar-refractivity contribution in [1.29, 1.82) is 5.26 Å². The van der Waals surface area contributed by atoms with Gasteiger partial charge in [0.25, 0.3) is 0 Å². The number of nitriles is 1. The van der Waals surface area contributed by atoms with Gasteiger partial charge in [0.15, 0.2) is 0 Å². The lowest BCUT2D eigenvalue weighted by Crippen LogP contribution is -2.36. The summed E-state index contributed by atoms with van der Waals surface area (Å²) in [7, 11) is 1.26. The third kappa shape index (κ3) is 3.65. The fourth-order valence-corrected chi connectivity index (χ4v) is 2.68. The van der Waals surface area contributed by atoms with Crippen molar-refractivity contribution in [2.45, 2.75) is 12.8 Å². The largest absolute Gasteiger partial charge is 0.465 e. The van der Waals surface area contributed by atoms with Crippen LogP contribution in [0.3, 0.4) is 0 Å². The number of carbonyl (C=O) groups excluding carboxylic acids is 3. The third-order valence-electron chi connectivity index (χ3n) is 4.47. The zero-order chi connectivity index (χ0) is 19.4. The van der Waals surface area contributed by atoms with Crippen LogP contribution in [0.25, 0.3) is 0 Å². The number of carbonyl (C=O) groups is 3. The van der Waals surface area contributed by atoms with Gasteiger partial charge in [-0.25, -0.2) is 4.79 Å². The molecule has 0 radical (unpaired) electrons. The summed E-state index contributed by atoms with van der Waals surface area (Å²) >= 11 is 0. The average molecular weight is 363 g/mol. The third-order valence-corrected chi connectivity index (χ3v) is 4.47. The minimum atomic E-state index is -1.17. The second kappa shape index (κ2) is 7.30. The number of ether oxygens (including phenoxy) is 1. The van der Waals surface area contributed by atoms with E-state index in [0.29, 0.717) is 29.8 Å². The molecule has 1 aliphatic carbocycles. The van der Waals surface area contributed by atoms with Crippen LogP contribution in [0.4, 0.5) is 11.4 Å². The molecule has 0 saturated heterocycles. The van der Waals surface area contributed by atoms with Gasteiger partial charge in [0.2, 0.25) is 11.8 Å². The van der Waals surface area contributed by atoms with Crippen LogP contribution in [-0.4, -0.2) is 24.9 Å². The molecule has 1 saturated carbocycles. The minimum Gasteiger partial charge on any atom is -0.465 e. The lowest BCUT2D eigenvalue weighted by Gasteiger charge is -2.16. The molecule has 0 atom stereocenters. The Morgan fingerprint density at radius 3 is 2.22 bits per heavy atom. The smallest absolute Gasteiger partial charge is 0.339 e. The Balaban J connectivity index is 1.74. The Hall–Kier alpha value is -3.66. The zero-order valence-electron chi connectivity index (χ0n) is 14.6. The minimum absolute atomic E-state index is 0.219. The lowest BCUT2D eigenvalue weighted by atomic mass is 10.0. The molecule has 0 aliphatic heterocycles. The Labute approximate surface area is 155 Å². The summed E-state index contributed by atoms with van der Waals surface area (Å²) in [5.74, 6) is -1.46. The van der Waals surface area contributed by atoms with Crippen molar-refractivity contribution in [2.24, 2.45) is 5.41 Å². The van der Waals surface area contributed by atoms with Crippen molar-refractivity contribution < 1.29 is 19.1 Å². The number of benzene rings is 2. The van der Waals surface area contributed by atoms with Gasteiger partial charge >= 0.3 is 5.97 Å². The van der Waals surface area contributed by atoms with Crippen LogP contribution in [-0.2, 0) is 14.3 Å². The Bertz CT molecular complexity index is 940. The van der Waals surface area contributed by atoms with Crippen LogP contribution in [0.1, 0.15) is 28.8 Å². The predicted molar refractivity (Wildman–Crippen MR) is 97.9 cm³/mol. The van der Waals surface area contributed by atoms with E-state index in [1.54, 1.807) is 42.5 Å². The van der Waals surface area contributed by atoms with Crippen molar-refractivity contribution >= 4 is 29.2 Å². The molecule has 1 aliphatic rings.